The van der Waals surface area contributed by atoms with Gasteiger partial charge < -0.3 is 0 Å². The van der Waals surface area contributed by atoms with E-state index in [4.69, 9.17) is 0 Å². The van der Waals surface area contributed by atoms with Gasteiger partial charge in [0.2, 0.25) is 6.43 Å². The number of alkyl halides is 3. The maximum Gasteiger partial charge on any atom is 0.244 e. The van der Waals surface area contributed by atoms with Crippen molar-refractivity contribution in [1.29, 1.82) is 0 Å². The largest absolute Gasteiger partial charge is 0.247 e. The van der Waals surface area contributed by atoms with Crippen molar-refractivity contribution >= 4 is 0 Å². The lowest BCUT2D eigenvalue weighted by Gasteiger charge is -2.42. The molecule has 1 aliphatic carbocycles. The van der Waals surface area contributed by atoms with Crippen LogP contribution >= 0.6 is 0 Å². The molecule has 0 spiro atoms. The summed E-state index contributed by atoms with van der Waals surface area (Å²) in [6.45, 7) is 5.69. The monoisotopic (exact) mass is 182 g/mol. The van der Waals surface area contributed by atoms with Crippen LogP contribution in [0.3, 0.4) is 0 Å². The second kappa shape index (κ2) is 4.73. The van der Waals surface area contributed by atoms with Crippen LogP contribution in [-0.4, -0.2) is 12.6 Å². The summed E-state index contributed by atoms with van der Waals surface area (Å²) < 4.78 is 36.5. The van der Waals surface area contributed by atoms with Gasteiger partial charge in [0, 0.05) is 5.41 Å². The van der Waals surface area contributed by atoms with Crippen molar-refractivity contribution in [1.82, 2.24) is 0 Å². The number of hydrogen-bond acceptors (Lipinski definition) is 0. The minimum Gasteiger partial charge on any atom is -0.247 e. The SMILES string of the molecule is CC.CCC1(C(F)F)CC(F)C1. The first kappa shape index (κ1) is 11.8. The molecular formula is C9H17F3. The lowest BCUT2D eigenvalue weighted by atomic mass is 9.66. The zero-order valence-corrected chi connectivity index (χ0v) is 7.91. The molecule has 1 fully saturated rings. The Hall–Kier alpha value is -0.210. The Morgan fingerprint density at radius 1 is 1.33 bits per heavy atom. The minimum atomic E-state index is -2.34. The van der Waals surface area contributed by atoms with Crippen LogP contribution in [0.5, 0.6) is 0 Å². The molecule has 0 aromatic rings. The van der Waals surface area contributed by atoms with E-state index >= 15 is 0 Å². The van der Waals surface area contributed by atoms with Crippen LogP contribution in [0.25, 0.3) is 0 Å². The van der Waals surface area contributed by atoms with Crippen molar-refractivity contribution < 1.29 is 13.2 Å². The normalized spacial score (nSPS) is 33.8. The van der Waals surface area contributed by atoms with E-state index in [0.29, 0.717) is 6.42 Å². The maximum absolute atomic E-state index is 12.2. The molecule has 12 heavy (non-hydrogen) atoms. The maximum atomic E-state index is 12.2. The van der Waals surface area contributed by atoms with Gasteiger partial charge in [0.05, 0.1) is 0 Å². The minimum absolute atomic E-state index is 0.0567. The van der Waals surface area contributed by atoms with E-state index in [1.165, 1.54) is 0 Å². The molecule has 0 atom stereocenters. The molecule has 0 aliphatic heterocycles. The number of rotatable bonds is 2. The zero-order chi connectivity index (χ0) is 9.78. The molecule has 0 N–H and O–H groups in total. The Labute approximate surface area is 72.2 Å². The topological polar surface area (TPSA) is 0 Å². The highest BCUT2D eigenvalue weighted by Gasteiger charge is 2.49. The van der Waals surface area contributed by atoms with Gasteiger partial charge in [-0.1, -0.05) is 20.8 Å². The zero-order valence-electron chi connectivity index (χ0n) is 7.91. The average Bonchev–Trinajstić information content (AvgIpc) is 2.01. The Morgan fingerprint density at radius 2 is 1.75 bits per heavy atom. The van der Waals surface area contributed by atoms with Gasteiger partial charge in [-0.05, 0) is 19.3 Å². The van der Waals surface area contributed by atoms with Gasteiger partial charge >= 0.3 is 0 Å². The third-order valence-corrected chi connectivity index (χ3v) is 2.42. The Morgan fingerprint density at radius 3 is 1.83 bits per heavy atom. The highest BCUT2D eigenvalue weighted by molar-refractivity contribution is 4.94. The molecule has 0 amide bonds. The fourth-order valence-electron chi connectivity index (χ4n) is 1.44. The third kappa shape index (κ3) is 2.14. The predicted molar refractivity (Wildman–Crippen MR) is 44.2 cm³/mol. The summed E-state index contributed by atoms with van der Waals surface area (Å²) in [6, 6.07) is 0. The molecular weight excluding hydrogens is 165 g/mol. The van der Waals surface area contributed by atoms with Crippen molar-refractivity contribution in [2.24, 2.45) is 5.41 Å². The van der Waals surface area contributed by atoms with Gasteiger partial charge in [0.25, 0.3) is 0 Å². The molecule has 0 nitrogen and oxygen atoms in total. The van der Waals surface area contributed by atoms with Gasteiger partial charge in [-0.3, -0.25) is 0 Å². The summed E-state index contributed by atoms with van der Waals surface area (Å²) >= 11 is 0. The molecule has 0 aromatic carbocycles. The van der Waals surface area contributed by atoms with Crippen molar-refractivity contribution in [2.45, 2.75) is 52.6 Å². The summed E-state index contributed by atoms with van der Waals surface area (Å²) in [5.74, 6) is 0. The second-order valence-corrected chi connectivity index (χ2v) is 3.02. The van der Waals surface area contributed by atoms with Gasteiger partial charge in [0.1, 0.15) is 6.17 Å². The average molecular weight is 182 g/mol. The number of halogens is 3. The smallest absolute Gasteiger partial charge is 0.244 e. The summed E-state index contributed by atoms with van der Waals surface area (Å²) in [5, 5.41) is 0. The molecule has 3 heteroatoms. The van der Waals surface area contributed by atoms with Crippen LogP contribution in [0.4, 0.5) is 13.2 Å². The predicted octanol–water partition coefficient (Wildman–Crippen LogP) is 3.81. The molecule has 1 aliphatic rings. The van der Waals surface area contributed by atoms with Gasteiger partial charge in [-0.15, -0.1) is 0 Å². The molecule has 0 radical (unpaired) electrons. The van der Waals surface area contributed by atoms with Crippen LogP contribution in [0.2, 0.25) is 0 Å². The van der Waals surface area contributed by atoms with E-state index in [1.54, 1.807) is 6.92 Å². The molecule has 0 unspecified atom stereocenters. The molecule has 74 valence electrons. The Kier molecular flexibility index (Phi) is 4.64. The summed E-state index contributed by atoms with van der Waals surface area (Å²) in [4.78, 5) is 0. The van der Waals surface area contributed by atoms with Crippen LogP contribution in [0.1, 0.15) is 40.0 Å². The summed E-state index contributed by atoms with van der Waals surface area (Å²) in [5.41, 5.74) is -0.973. The molecule has 0 bridgehead atoms. The molecule has 1 saturated carbocycles. The Bertz CT molecular complexity index is 117. The third-order valence-electron chi connectivity index (χ3n) is 2.42. The quantitative estimate of drug-likeness (QED) is 0.609. The van der Waals surface area contributed by atoms with E-state index in [0.717, 1.165) is 0 Å². The first-order valence-corrected chi connectivity index (χ1v) is 4.53. The van der Waals surface area contributed by atoms with Gasteiger partial charge in [-0.2, -0.15) is 0 Å². The molecule has 0 saturated heterocycles. The standard InChI is InChI=1S/C7H11F3.C2H6/c1-2-7(6(9)10)3-5(8)4-7;1-2/h5-6H,2-4H2,1H3;1-2H3. The van der Waals surface area contributed by atoms with E-state index in [2.05, 4.69) is 0 Å². The number of hydrogen-bond donors (Lipinski definition) is 0. The van der Waals surface area contributed by atoms with Crippen LogP contribution in [0.15, 0.2) is 0 Å². The second-order valence-electron chi connectivity index (χ2n) is 3.02. The van der Waals surface area contributed by atoms with Crippen molar-refractivity contribution in [3.63, 3.8) is 0 Å². The van der Waals surface area contributed by atoms with Crippen molar-refractivity contribution in [3.8, 4) is 0 Å². The fourth-order valence-corrected chi connectivity index (χ4v) is 1.44. The first-order valence-electron chi connectivity index (χ1n) is 4.53. The van der Waals surface area contributed by atoms with E-state index < -0.39 is 18.0 Å². The first-order chi connectivity index (χ1) is 5.60. The van der Waals surface area contributed by atoms with Gasteiger partial charge in [-0.25, -0.2) is 13.2 Å². The molecule has 0 heterocycles. The molecule has 0 aromatic heterocycles. The van der Waals surface area contributed by atoms with E-state index in [-0.39, 0.29) is 12.8 Å². The van der Waals surface area contributed by atoms with Crippen LogP contribution in [0, 0.1) is 5.41 Å². The Balaban J connectivity index is 0.000000561. The van der Waals surface area contributed by atoms with E-state index in [9.17, 15) is 13.2 Å². The highest BCUT2D eigenvalue weighted by Crippen LogP contribution is 2.49. The van der Waals surface area contributed by atoms with Gasteiger partial charge in [0.15, 0.2) is 0 Å². The molecule has 1 rings (SSSR count). The highest BCUT2D eigenvalue weighted by atomic mass is 19.3. The lowest BCUT2D eigenvalue weighted by molar-refractivity contribution is -0.102. The van der Waals surface area contributed by atoms with Crippen LogP contribution in [-0.2, 0) is 0 Å². The fraction of sp³-hybridized carbons (Fsp3) is 1.00. The van der Waals surface area contributed by atoms with Crippen LogP contribution < -0.4 is 0 Å². The summed E-state index contributed by atoms with van der Waals surface area (Å²) in [7, 11) is 0. The van der Waals surface area contributed by atoms with Crippen molar-refractivity contribution in [2.75, 3.05) is 0 Å². The van der Waals surface area contributed by atoms with Crippen molar-refractivity contribution in [3.05, 3.63) is 0 Å². The summed E-state index contributed by atoms with van der Waals surface area (Å²) in [6.07, 6.45) is -2.81. The lowest BCUT2D eigenvalue weighted by Crippen LogP contribution is -2.43. The van der Waals surface area contributed by atoms with E-state index in [1.807, 2.05) is 13.8 Å².